The second-order valence-electron chi connectivity index (χ2n) is 4.58. The van der Waals surface area contributed by atoms with Crippen LogP contribution in [0, 0.1) is 18.3 Å². The van der Waals surface area contributed by atoms with E-state index >= 15 is 0 Å². The highest BCUT2D eigenvalue weighted by atomic mass is 16.5. The van der Waals surface area contributed by atoms with E-state index in [0.717, 1.165) is 0 Å². The third-order valence-electron chi connectivity index (χ3n) is 2.62. The Bertz CT molecular complexity index is 445. The first-order valence-corrected chi connectivity index (χ1v) is 6.17. The van der Waals surface area contributed by atoms with E-state index in [1.807, 2.05) is 13.8 Å². The van der Waals surface area contributed by atoms with Gasteiger partial charge >= 0.3 is 0 Å². The summed E-state index contributed by atoms with van der Waals surface area (Å²) in [5.74, 6) is 2.88. The van der Waals surface area contributed by atoms with Crippen molar-refractivity contribution in [3.8, 4) is 18.1 Å². The van der Waals surface area contributed by atoms with Gasteiger partial charge in [-0.15, -0.1) is 6.42 Å². The van der Waals surface area contributed by atoms with Gasteiger partial charge in [-0.1, -0.05) is 19.8 Å². The van der Waals surface area contributed by atoms with Crippen molar-refractivity contribution < 1.29 is 14.6 Å². The van der Waals surface area contributed by atoms with Crippen molar-refractivity contribution in [2.45, 2.75) is 26.4 Å². The zero-order chi connectivity index (χ0) is 14.3. The van der Waals surface area contributed by atoms with Gasteiger partial charge in [-0.3, -0.25) is 4.79 Å². The van der Waals surface area contributed by atoms with Gasteiger partial charge in [0.25, 0.3) is 0 Å². The monoisotopic (exact) mass is 261 g/mol. The molecule has 4 heteroatoms. The Balaban J connectivity index is 2.49. The second kappa shape index (κ2) is 7.45. The highest BCUT2D eigenvalue weighted by Crippen LogP contribution is 2.16. The molecule has 1 rings (SSSR count). The highest BCUT2D eigenvalue weighted by molar-refractivity contribution is 5.91. The largest absolute Gasteiger partial charge is 0.481 e. The van der Waals surface area contributed by atoms with Crippen molar-refractivity contribution in [2.24, 2.45) is 5.92 Å². The Morgan fingerprint density at radius 3 is 2.58 bits per heavy atom. The molecule has 0 aliphatic carbocycles. The Hall–Kier alpha value is -1.99. The molecular weight excluding hydrogens is 242 g/mol. The zero-order valence-electron chi connectivity index (χ0n) is 11.2. The predicted octanol–water partition coefficient (Wildman–Crippen LogP) is 2.04. The maximum atomic E-state index is 11.7. The molecule has 1 unspecified atom stereocenters. The van der Waals surface area contributed by atoms with E-state index < -0.39 is 6.10 Å². The van der Waals surface area contributed by atoms with Crippen LogP contribution in [-0.2, 0) is 4.79 Å². The number of carbonyl (C=O) groups excluding carboxylic acids is 1. The summed E-state index contributed by atoms with van der Waals surface area (Å²) in [6.07, 6.45) is 4.55. The molecule has 0 bridgehead atoms. The van der Waals surface area contributed by atoms with E-state index in [0.29, 0.717) is 11.4 Å². The number of hydrogen-bond acceptors (Lipinski definition) is 3. The highest BCUT2D eigenvalue weighted by Gasteiger charge is 2.14. The number of aliphatic hydroxyl groups is 1. The summed E-state index contributed by atoms with van der Waals surface area (Å²) >= 11 is 0. The van der Waals surface area contributed by atoms with Gasteiger partial charge < -0.3 is 15.2 Å². The fourth-order valence-corrected chi connectivity index (χ4v) is 1.40. The van der Waals surface area contributed by atoms with Crippen LogP contribution in [0.4, 0.5) is 5.69 Å². The van der Waals surface area contributed by atoms with Crippen molar-refractivity contribution in [3.63, 3.8) is 0 Å². The van der Waals surface area contributed by atoms with Crippen LogP contribution in [-0.4, -0.2) is 23.7 Å². The third-order valence-corrected chi connectivity index (χ3v) is 2.62. The minimum Gasteiger partial charge on any atom is -0.481 e. The summed E-state index contributed by atoms with van der Waals surface area (Å²) in [7, 11) is 0. The summed E-state index contributed by atoms with van der Waals surface area (Å²) < 4.78 is 5.22. The van der Waals surface area contributed by atoms with Crippen LogP contribution < -0.4 is 10.1 Å². The normalized spacial score (nSPS) is 11.7. The summed E-state index contributed by atoms with van der Waals surface area (Å²) in [4.78, 5) is 11.7. The number of ether oxygens (including phenoxy) is 1. The Labute approximate surface area is 113 Å². The topological polar surface area (TPSA) is 58.6 Å². The lowest BCUT2D eigenvalue weighted by Crippen LogP contribution is -2.23. The van der Waals surface area contributed by atoms with Crippen molar-refractivity contribution >= 4 is 11.6 Å². The lowest BCUT2D eigenvalue weighted by molar-refractivity contribution is -0.118. The van der Waals surface area contributed by atoms with E-state index in [-0.39, 0.29) is 24.9 Å². The Morgan fingerprint density at radius 2 is 2.05 bits per heavy atom. The zero-order valence-corrected chi connectivity index (χ0v) is 11.2. The van der Waals surface area contributed by atoms with Crippen LogP contribution in [0.1, 0.15) is 20.3 Å². The molecule has 0 aromatic heterocycles. The quantitative estimate of drug-likeness (QED) is 0.770. The first-order chi connectivity index (χ1) is 9.02. The van der Waals surface area contributed by atoms with Crippen LogP contribution in [0.15, 0.2) is 24.3 Å². The molecule has 0 saturated carbocycles. The standard InChI is InChI=1S/C15H19NO3/c1-4-9-19-13-7-5-12(6-8-13)16-15(18)10-14(17)11(2)3/h1,5-8,11,14,17H,9-10H2,2-3H3,(H,16,18). The summed E-state index contributed by atoms with van der Waals surface area (Å²) in [5.41, 5.74) is 0.661. The number of aliphatic hydroxyl groups excluding tert-OH is 1. The summed E-state index contributed by atoms with van der Waals surface area (Å²) in [5, 5.41) is 12.3. The molecule has 0 heterocycles. The van der Waals surface area contributed by atoms with Crippen molar-refractivity contribution in [1.29, 1.82) is 0 Å². The molecule has 1 aromatic carbocycles. The van der Waals surface area contributed by atoms with Gasteiger partial charge in [0.05, 0.1) is 12.5 Å². The van der Waals surface area contributed by atoms with Gasteiger partial charge in [0.2, 0.25) is 5.91 Å². The molecule has 1 amide bonds. The third kappa shape index (κ3) is 5.45. The van der Waals surface area contributed by atoms with Crippen molar-refractivity contribution in [1.82, 2.24) is 0 Å². The molecule has 102 valence electrons. The lowest BCUT2D eigenvalue weighted by atomic mass is 10.0. The molecule has 19 heavy (non-hydrogen) atoms. The van der Waals surface area contributed by atoms with E-state index in [4.69, 9.17) is 11.2 Å². The first kappa shape index (κ1) is 15.1. The molecule has 2 N–H and O–H groups in total. The van der Waals surface area contributed by atoms with Crippen LogP contribution in [0.5, 0.6) is 5.75 Å². The van der Waals surface area contributed by atoms with Gasteiger partial charge in [-0.05, 0) is 30.2 Å². The number of terminal acetylenes is 1. The molecule has 0 saturated heterocycles. The average Bonchev–Trinajstić information content (AvgIpc) is 2.37. The lowest BCUT2D eigenvalue weighted by Gasteiger charge is -2.14. The molecule has 0 fully saturated rings. The maximum absolute atomic E-state index is 11.7. The predicted molar refractivity (Wildman–Crippen MR) is 74.9 cm³/mol. The minimum absolute atomic E-state index is 0.0605. The van der Waals surface area contributed by atoms with Gasteiger partial charge in [0.1, 0.15) is 12.4 Å². The van der Waals surface area contributed by atoms with Gasteiger partial charge in [0, 0.05) is 5.69 Å². The van der Waals surface area contributed by atoms with Gasteiger partial charge in [0.15, 0.2) is 0 Å². The van der Waals surface area contributed by atoms with E-state index in [1.165, 1.54) is 0 Å². The van der Waals surface area contributed by atoms with Crippen LogP contribution in [0.2, 0.25) is 0 Å². The van der Waals surface area contributed by atoms with E-state index in [1.54, 1.807) is 24.3 Å². The number of benzene rings is 1. The molecular formula is C15H19NO3. The Kier molecular flexibility index (Phi) is 5.91. The number of rotatable bonds is 6. The molecule has 1 aromatic rings. The SMILES string of the molecule is C#CCOc1ccc(NC(=O)CC(O)C(C)C)cc1. The van der Waals surface area contributed by atoms with E-state index in [2.05, 4.69) is 11.2 Å². The van der Waals surface area contributed by atoms with Crippen LogP contribution in [0.3, 0.4) is 0 Å². The maximum Gasteiger partial charge on any atom is 0.226 e. The number of carbonyl (C=O) groups is 1. The summed E-state index contributed by atoms with van der Waals surface area (Å²) in [6.45, 7) is 3.96. The molecule has 0 radical (unpaired) electrons. The number of nitrogens with one attached hydrogen (secondary N) is 1. The minimum atomic E-state index is -0.627. The van der Waals surface area contributed by atoms with Gasteiger partial charge in [-0.2, -0.15) is 0 Å². The van der Waals surface area contributed by atoms with Crippen LogP contribution >= 0.6 is 0 Å². The molecule has 0 aliphatic rings. The number of hydrogen-bond donors (Lipinski definition) is 2. The molecule has 0 spiro atoms. The average molecular weight is 261 g/mol. The fraction of sp³-hybridized carbons (Fsp3) is 0.400. The summed E-state index contributed by atoms with van der Waals surface area (Å²) in [6, 6.07) is 6.91. The van der Waals surface area contributed by atoms with E-state index in [9.17, 15) is 9.90 Å². The second-order valence-corrected chi connectivity index (χ2v) is 4.58. The Morgan fingerprint density at radius 1 is 1.42 bits per heavy atom. The van der Waals surface area contributed by atoms with Gasteiger partial charge in [-0.25, -0.2) is 0 Å². The smallest absolute Gasteiger partial charge is 0.226 e. The molecule has 4 nitrogen and oxygen atoms in total. The fourth-order valence-electron chi connectivity index (χ4n) is 1.40. The number of amides is 1. The molecule has 0 aliphatic heterocycles. The van der Waals surface area contributed by atoms with Crippen molar-refractivity contribution in [3.05, 3.63) is 24.3 Å². The molecule has 1 atom stereocenters. The van der Waals surface area contributed by atoms with Crippen LogP contribution in [0.25, 0.3) is 0 Å². The first-order valence-electron chi connectivity index (χ1n) is 6.17. The van der Waals surface area contributed by atoms with Crippen molar-refractivity contribution in [2.75, 3.05) is 11.9 Å². The number of anilines is 1.